The van der Waals surface area contributed by atoms with Crippen LogP contribution in [0.1, 0.15) is 27.2 Å². The number of pyridine rings is 1. The maximum absolute atomic E-state index is 12.8. The standard InChI is InChI=1S/C26H23ClN4O2/c1-18-10-11-19(15-28-18)12-25(32)21-6-5-7-22(14-21)31-17-20(16-29-31)13-26(33)30(2)24-9-4-3-8-23(24)27/h3-11,14-17H,12-13H2,1-2H3. The Kier molecular flexibility index (Phi) is 6.66. The molecule has 6 nitrogen and oxygen atoms in total. The summed E-state index contributed by atoms with van der Waals surface area (Å²) in [6.45, 7) is 1.91. The highest BCUT2D eigenvalue weighted by Gasteiger charge is 2.16. The fourth-order valence-corrected chi connectivity index (χ4v) is 3.72. The fraction of sp³-hybridized carbons (Fsp3) is 0.154. The van der Waals surface area contributed by atoms with Crippen LogP contribution in [0, 0.1) is 6.92 Å². The fourth-order valence-electron chi connectivity index (χ4n) is 3.46. The van der Waals surface area contributed by atoms with Gasteiger partial charge in [0.15, 0.2) is 5.78 Å². The van der Waals surface area contributed by atoms with Crippen molar-refractivity contribution in [1.82, 2.24) is 14.8 Å². The second-order valence-electron chi connectivity index (χ2n) is 7.83. The van der Waals surface area contributed by atoms with E-state index >= 15 is 0 Å². The second-order valence-corrected chi connectivity index (χ2v) is 8.24. The number of rotatable bonds is 7. The number of anilines is 1. The lowest BCUT2D eigenvalue weighted by atomic mass is 10.0. The Morgan fingerprint density at radius 1 is 0.970 bits per heavy atom. The normalized spacial score (nSPS) is 10.8. The van der Waals surface area contributed by atoms with Gasteiger partial charge in [0.1, 0.15) is 0 Å². The molecule has 0 fully saturated rings. The Hall–Kier alpha value is -3.77. The van der Waals surface area contributed by atoms with Crippen molar-refractivity contribution in [3.63, 3.8) is 0 Å². The predicted octanol–water partition coefficient (Wildman–Crippen LogP) is 4.86. The van der Waals surface area contributed by atoms with Crippen molar-refractivity contribution in [2.24, 2.45) is 0 Å². The minimum atomic E-state index is -0.0988. The van der Waals surface area contributed by atoms with Crippen LogP contribution in [-0.4, -0.2) is 33.5 Å². The van der Waals surface area contributed by atoms with Gasteiger partial charge in [-0.25, -0.2) is 4.68 Å². The summed E-state index contributed by atoms with van der Waals surface area (Å²) in [4.78, 5) is 31.3. The molecule has 4 rings (SSSR count). The molecule has 33 heavy (non-hydrogen) atoms. The largest absolute Gasteiger partial charge is 0.314 e. The molecule has 0 aliphatic rings. The highest BCUT2D eigenvalue weighted by atomic mass is 35.5. The molecule has 2 heterocycles. The van der Waals surface area contributed by atoms with Crippen LogP contribution in [0.4, 0.5) is 5.69 Å². The number of ketones is 1. The van der Waals surface area contributed by atoms with Gasteiger partial charge in [-0.2, -0.15) is 5.10 Å². The second kappa shape index (κ2) is 9.79. The lowest BCUT2D eigenvalue weighted by Crippen LogP contribution is -2.27. The number of likely N-dealkylation sites (N-methyl/N-ethyl adjacent to an activating group) is 1. The number of hydrogen-bond donors (Lipinski definition) is 0. The van der Waals surface area contributed by atoms with E-state index in [4.69, 9.17) is 11.6 Å². The lowest BCUT2D eigenvalue weighted by Gasteiger charge is -2.18. The van der Waals surface area contributed by atoms with Gasteiger partial charge in [-0.05, 0) is 48.4 Å². The first-order valence-electron chi connectivity index (χ1n) is 10.5. The Balaban J connectivity index is 1.46. The Labute approximate surface area is 197 Å². The van der Waals surface area contributed by atoms with Gasteiger partial charge in [0.25, 0.3) is 0 Å². The van der Waals surface area contributed by atoms with Gasteiger partial charge in [0.2, 0.25) is 5.91 Å². The molecule has 166 valence electrons. The number of carbonyl (C=O) groups excluding carboxylic acids is 2. The van der Waals surface area contributed by atoms with E-state index in [2.05, 4.69) is 10.1 Å². The van der Waals surface area contributed by atoms with E-state index < -0.39 is 0 Å². The molecule has 0 N–H and O–H groups in total. The quantitative estimate of drug-likeness (QED) is 0.371. The first-order valence-corrected chi connectivity index (χ1v) is 10.9. The Morgan fingerprint density at radius 3 is 2.55 bits per heavy atom. The highest BCUT2D eigenvalue weighted by Crippen LogP contribution is 2.24. The molecule has 0 bridgehead atoms. The summed E-state index contributed by atoms with van der Waals surface area (Å²) in [6.07, 6.45) is 5.65. The smallest absolute Gasteiger partial charge is 0.231 e. The topological polar surface area (TPSA) is 68.1 Å². The molecule has 0 aliphatic heterocycles. The number of nitrogens with zero attached hydrogens (tertiary/aromatic N) is 4. The molecule has 0 radical (unpaired) electrons. The summed E-state index contributed by atoms with van der Waals surface area (Å²) in [6, 6.07) is 18.3. The third-order valence-electron chi connectivity index (χ3n) is 5.35. The number of hydrogen-bond acceptors (Lipinski definition) is 4. The van der Waals surface area contributed by atoms with Crippen molar-refractivity contribution < 1.29 is 9.59 Å². The van der Waals surface area contributed by atoms with E-state index in [1.54, 1.807) is 59.5 Å². The van der Waals surface area contributed by atoms with E-state index in [0.717, 1.165) is 22.5 Å². The molecule has 0 saturated heterocycles. The average molecular weight is 459 g/mol. The van der Waals surface area contributed by atoms with Crippen LogP contribution >= 0.6 is 11.6 Å². The third kappa shape index (κ3) is 5.35. The Bertz CT molecular complexity index is 1300. The van der Waals surface area contributed by atoms with Crippen molar-refractivity contribution in [2.75, 3.05) is 11.9 Å². The maximum atomic E-state index is 12.8. The minimum Gasteiger partial charge on any atom is -0.314 e. The Morgan fingerprint density at radius 2 is 1.79 bits per heavy atom. The first kappa shape index (κ1) is 22.4. The first-order chi connectivity index (χ1) is 15.9. The molecule has 2 aromatic carbocycles. The van der Waals surface area contributed by atoms with Gasteiger partial charge in [0, 0.05) is 37.1 Å². The molecule has 7 heteroatoms. The SMILES string of the molecule is Cc1ccc(CC(=O)c2cccc(-n3cc(CC(=O)N(C)c4ccccc4Cl)cn3)c2)cn1. The molecule has 0 unspecified atom stereocenters. The van der Waals surface area contributed by atoms with E-state index in [0.29, 0.717) is 16.3 Å². The zero-order valence-electron chi connectivity index (χ0n) is 18.4. The number of carbonyl (C=O) groups is 2. The van der Waals surface area contributed by atoms with Crippen molar-refractivity contribution in [3.8, 4) is 5.69 Å². The number of para-hydroxylation sites is 1. The van der Waals surface area contributed by atoms with Crippen molar-refractivity contribution >= 4 is 29.0 Å². The van der Waals surface area contributed by atoms with E-state index in [1.807, 2.05) is 43.3 Å². The molecule has 0 aliphatic carbocycles. The molecule has 2 aromatic heterocycles. The zero-order valence-corrected chi connectivity index (χ0v) is 19.2. The molecular weight excluding hydrogens is 436 g/mol. The zero-order chi connectivity index (χ0) is 23.4. The predicted molar refractivity (Wildman–Crippen MR) is 129 cm³/mol. The number of halogens is 1. The summed E-state index contributed by atoms with van der Waals surface area (Å²) in [5, 5.41) is 4.90. The van der Waals surface area contributed by atoms with E-state index in [9.17, 15) is 9.59 Å². The van der Waals surface area contributed by atoms with E-state index in [-0.39, 0.29) is 24.5 Å². The summed E-state index contributed by atoms with van der Waals surface area (Å²) < 4.78 is 1.67. The third-order valence-corrected chi connectivity index (χ3v) is 5.67. The van der Waals surface area contributed by atoms with Gasteiger partial charge in [-0.15, -0.1) is 0 Å². The molecule has 0 spiro atoms. The monoisotopic (exact) mass is 458 g/mol. The summed E-state index contributed by atoms with van der Waals surface area (Å²) in [7, 11) is 1.70. The van der Waals surface area contributed by atoms with Gasteiger partial charge in [-0.3, -0.25) is 14.6 Å². The van der Waals surface area contributed by atoms with Gasteiger partial charge >= 0.3 is 0 Å². The molecule has 0 atom stereocenters. The van der Waals surface area contributed by atoms with Crippen molar-refractivity contribution in [1.29, 1.82) is 0 Å². The molecule has 4 aromatic rings. The van der Waals surface area contributed by atoms with Crippen LogP contribution in [0.5, 0.6) is 0 Å². The minimum absolute atomic E-state index is 0.00595. The molecular formula is C26H23ClN4O2. The van der Waals surface area contributed by atoms with Crippen molar-refractivity contribution in [3.05, 3.63) is 107 Å². The maximum Gasteiger partial charge on any atom is 0.231 e. The summed E-state index contributed by atoms with van der Waals surface area (Å²) in [5.74, 6) is -0.0929. The molecule has 1 amide bonds. The van der Waals surface area contributed by atoms with Crippen LogP contribution in [0.2, 0.25) is 5.02 Å². The van der Waals surface area contributed by atoms with Gasteiger partial charge in [0.05, 0.1) is 29.0 Å². The summed E-state index contributed by atoms with van der Waals surface area (Å²) in [5.41, 5.74) is 4.56. The van der Waals surface area contributed by atoms with Crippen LogP contribution in [0.25, 0.3) is 5.69 Å². The van der Waals surface area contributed by atoms with Crippen LogP contribution in [0.15, 0.2) is 79.3 Å². The highest BCUT2D eigenvalue weighted by molar-refractivity contribution is 6.33. The van der Waals surface area contributed by atoms with Gasteiger partial charge in [-0.1, -0.05) is 41.9 Å². The summed E-state index contributed by atoms with van der Waals surface area (Å²) >= 11 is 6.21. The van der Waals surface area contributed by atoms with Crippen LogP contribution in [0.3, 0.4) is 0 Å². The van der Waals surface area contributed by atoms with E-state index in [1.165, 1.54) is 0 Å². The number of benzene rings is 2. The lowest BCUT2D eigenvalue weighted by molar-refractivity contribution is -0.117. The number of aryl methyl sites for hydroxylation is 1. The van der Waals surface area contributed by atoms with Crippen LogP contribution in [-0.2, 0) is 17.6 Å². The van der Waals surface area contributed by atoms with Crippen LogP contribution < -0.4 is 4.90 Å². The number of Topliss-reactive ketones (excluding diaryl/α,β-unsaturated/α-hetero) is 1. The van der Waals surface area contributed by atoms with Crippen molar-refractivity contribution in [2.45, 2.75) is 19.8 Å². The number of amides is 1. The molecule has 0 saturated carbocycles. The average Bonchev–Trinajstić information content (AvgIpc) is 3.29. The van der Waals surface area contributed by atoms with Gasteiger partial charge < -0.3 is 4.90 Å². The number of aromatic nitrogens is 3.